The SMILES string of the molecule is O=C(O)CCc1ccc(C(=Nc2ccc(CN3CCC3)cc2)c2c(O)[nH]c3cc(Cl)ccc23)cc1. The average Bonchev–Trinajstić information content (AvgIpc) is 3.14. The van der Waals surface area contributed by atoms with Crippen LogP contribution in [0.5, 0.6) is 5.88 Å². The number of carbonyl (C=O) groups is 1. The van der Waals surface area contributed by atoms with Crippen LogP contribution >= 0.6 is 11.6 Å². The molecular weight excluding hydrogens is 462 g/mol. The molecule has 1 aromatic heterocycles. The standard InChI is InChI=1S/C28H26ClN3O3/c29-21-9-12-23-24(16-21)31-28(35)26(23)27(20-7-2-18(3-8-20)6-13-25(33)34)30-22-10-4-19(5-11-22)17-32-14-1-15-32/h2-5,7-12,16,31,35H,1,6,13-15,17H2,(H,33,34). The van der Waals surface area contributed by atoms with Gasteiger partial charge in [0, 0.05) is 28.9 Å². The van der Waals surface area contributed by atoms with Gasteiger partial charge in [-0.1, -0.05) is 54.1 Å². The van der Waals surface area contributed by atoms with Crippen LogP contribution in [0.4, 0.5) is 5.69 Å². The fourth-order valence-corrected chi connectivity index (χ4v) is 4.52. The summed E-state index contributed by atoms with van der Waals surface area (Å²) in [6.45, 7) is 3.24. The number of nitrogens with one attached hydrogen (secondary N) is 1. The highest BCUT2D eigenvalue weighted by Gasteiger charge is 2.19. The summed E-state index contributed by atoms with van der Waals surface area (Å²) in [6, 6.07) is 21.3. The monoisotopic (exact) mass is 487 g/mol. The van der Waals surface area contributed by atoms with E-state index >= 15 is 0 Å². The molecule has 0 radical (unpaired) electrons. The van der Waals surface area contributed by atoms with Gasteiger partial charge in [0.25, 0.3) is 0 Å². The van der Waals surface area contributed by atoms with Crippen LogP contribution < -0.4 is 0 Å². The van der Waals surface area contributed by atoms with Gasteiger partial charge < -0.3 is 15.2 Å². The number of rotatable bonds is 8. The number of likely N-dealkylation sites (tertiary alicyclic amines) is 1. The van der Waals surface area contributed by atoms with E-state index < -0.39 is 5.97 Å². The minimum atomic E-state index is -0.823. The van der Waals surface area contributed by atoms with Gasteiger partial charge in [-0.15, -0.1) is 0 Å². The van der Waals surface area contributed by atoms with Crippen molar-refractivity contribution in [3.05, 3.63) is 94.0 Å². The number of fused-ring (bicyclic) bond motifs is 1. The lowest BCUT2D eigenvalue weighted by Gasteiger charge is -2.30. The number of hydrogen-bond donors (Lipinski definition) is 3. The van der Waals surface area contributed by atoms with Crippen LogP contribution in [-0.2, 0) is 17.8 Å². The summed E-state index contributed by atoms with van der Waals surface area (Å²) in [6.07, 6.45) is 1.80. The van der Waals surface area contributed by atoms with Crippen LogP contribution in [0.1, 0.15) is 35.1 Å². The number of aromatic amines is 1. The van der Waals surface area contributed by atoms with Crippen LogP contribution in [-0.4, -0.2) is 44.9 Å². The van der Waals surface area contributed by atoms with Crippen LogP contribution in [0.2, 0.25) is 5.02 Å². The van der Waals surface area contributed by atoms with Crippen molar-refractivity contribution in [1.82, 2.24) is 9.88 Å². The molecule has 4 aromatic rings. The van der Waals surface area contributed by atoms with Crippen molar-refractivity contribution >= 4 is 39.9 Å². The van der Waals surface area contributed by atoms with Gasteiger partial charge in [0.2, 0.25) is 0 Å². The number of hydrogen-bond acceptors (Lipinski definition) is 4. The second-order valence-corrected chi connectivity index (χ2v) is 9.32. The molecule has 5 rings (SSSR count). The van der Waals surface area contributed by atoms with Crippen molar-refractivity contribution in [3.63, 3.8) is 0 Å². The molecule has 0 aliphatic carbocycles. The lowest BCUT2D eigenvalue weighted by atomic mass is 9.98. The number of carboxylic acids is 1. The minimum absolute atomic E-state index is 0.0189. The van der Waals surface area contributed by atoms with E-state index in [0.29, 0.717) is 22.7 Å². The second kappa shape index (κ2) is 9.94. The summed E-state index contributed by atoms with van der Waals surface area (Å²) in [4.78, 5) is 21.3. The first-order valence-corrected chi connectivity index (χ1v) is 12.1. The van der Waals surface area contributed by atoms with Crippen LogP contribution in [0.25, 0.3) is 10.9 Å². The average molecular weight is 488 g/mol. The molecule has 0 amide bonds. The van der Waals surface area contributed by atoms with E-state index in [1.807, 2.05) is 42.5 Å². The molecule has 1 aliphatic heterocycles. The first-order chi connectivity index (χ1) is 17.0. The fraction of sp³-hybridized carbons (Fsp3) is 0.214. The van der Waals surface area contributed by atoms with Crippen LogP contribution in [0.15, 0.2) is 71.7 Å². The van der Waals surface area contributed by atoms with Gasteiger partial charge in [-0.25, -0.2) is 4.99 Å². The molecule has 0 saturated carbocycles. The molecule has 35 heavy (non-hydrogen) atoms. The van der Waals surface area contributed by atoms with E-state index in [0.717, 1.165) is 47.4 Å². The maximum absolute atomic E-state index is 10.9. The van der Waals surface area contributed by atoms with Crippen molar-refractivity contribution < 1.29 is 15.0 Å². The summed E-state index contributed by atoms with van der Waals surface area (Å²) >= 11 is 6.16. The Kier molecular flexibility index (Phi) is 6.57. The normalized spacial score (nSPS) is 14.3. The Labute approximate surface area is 208 Å². The molecular formula is C28H26ClN3O3. The van der Waals surface area contributed by atoms with E-state index in [2.05, 4.69) is 22.0 Å². The van der Waals surface area contributed by atoms with Crippen molar-refractivity contribution in [1.29, 1.82) is 0 Å². The third kappa shape index (κ3) is 5.24. The second-order valence-electron chi connectivity index (χ2n) is 8.89. The highest BCUT2D eigenvalue weighted by Crippen LogP contribution is 2.33. The Hall–Kier alpha value is -3.61. The molecule has 1 saturated heterocycles. The third-order valence-corrected chi connectivity index (χ3v) is 6.60. The molecule has 3 aromatic carbocycles. The van der Waals surface area contributed by atoms with Gasteiger partial charge in [0.05, 0.1) is 22.5 Å². The van der Waals surface area contributed by atoms with E-state index in [9.17, 15) is 9.90 Å². The Morgan fingerprint density at radius 3 is 2.37 bits per heavy atom. The quantitative estimate of drug-likeness (QED) is 0.269. The molecule has 178 valence electrons. The zero-order valence-electron chi connectivity index (χ0n) is 19.2. The number of aromatic hydroxyl groups is 1. The highest BCUT2D eigenvalue weighted by atomic mass is 35.5. The van der Waals surface area contributed by atoms with E-state index in [1.54, 1.807) is 12.1 Å². The number of aliphatic imine (C=N–C) groups is 1. The highest BCUT2D eigenvalue weighted by molar-refractivity contribution is 6.31. The summed E-state index contributed by atoms with van der Waals surface area (Å²) in [5, 5.41) is 21.2. The molecule has 0 unspecified atom stereocenters. The molecule has 6 nitrogen and oxygen atoms in total. The van der Waals surface area contributed by atoms with Gasteiger partial charge in [0.1, 0.15) is 0 Å². The minimum Gasteiger partial charge on any atom is -0.494 e. The molecule has 2 heterocycles. The Morgan fingerprint density at radius 2 is 1.71 bits per heavy atom. The number of H-pyrrole nitrogens is 1. The van der Waals surface area contributed by atoms with Gasteiger partial charge in [-0.2, -0.15) is 0 Å². The van der Waals surface area contributed by atoms with Crippen LogP contribution in [0.3, 0.4) is 0 Å². The zero-order valence-corrected chi connectivity index (χ0v) is 19.9. The number of benzene rings is 3. The first kappa shape index (κ1) is 23.1. The molecule has 0 spiro atoms. The smallest absolute Gasteiger partial charge is 0.303 e. The topological polar surface area (TPSA) is 88.9 Å². The molecule has 3 N–H and O–H groups in total. The van der Waals surface area contributed by atoms with Crippen molar-refractivity contribution in [2.45, 2.75) is 25.8 Å². The van der Waals surface area contributed by atoms with E-state index in [1.165, 1.54) is 12.0 Å². The Balaban J connectivity index is 1.54. The molecule has 7 heteroatoms. The molecule has 1 aliphatic rings. The number of aromatic nitrogens is 1. The lowest BCUT2D eigenvalue weighted by Crippen LogP contribution is -2.36. The summed E-state index contributed by atoms with van der Waals surface area (Å²) < 4.78 is 0. The maximum atomic E-state index is 10.9. The summed E-state index contributed by atoms with van der Waals surface area (Å²) in [5.41, 5.74) is 5.72. The molecule has 0 bridgehead atoms. The largest absolute Gasteiger partial charge is 0.494 e. The molecule has 0 atom stereocenters. The number of aliphatic carboxylic acids is 1. The number of carboxylic acid groups (broad SMARTS) is 1. The van der Waals surface area contributed by atoms with E-state index in [4.69, 9.17) is 21.7 Å². The third-order valence-electron chi connectivity index (χ3n) is 6.36. The van der Waals surface area contributed by atoms with Crippen LogP contribution in [0, 0.1) is 0 Å². The van der Waals surface area contributed by atoms with Crippen molar-refractivity contribution in [2.24, 2.45) is 4.99 Å². The Morgan fingerprint density at radius 1 is 1.00 bits per heavy atom. The predicted octanol–water partition coefficient (Wildman–Crippen LogP) is 5.92. The fourth-order valence-electron chi connectivity index (χ4n) is 4.34. The van der Waals surface area contributed by atoms with E-state index in [-0.39, 0.29) is 12.3 Å². The van der Waals surface area contributed by atoms with Crippen molar-refractivity contribution in [2.75, 3.05) is 13.1 Å². The number of aryl methyl sites for hydroxylation is 1. The predicted molar refractivity (Wildman–Crippen MR) is 139 cm³/mol. The zero-order chi connectivity index (χ0) is 24.4. The maximum Gasteiger partial charge on any atom is 0.303 e. The summed E-state index contributed by atoms with van der Waals surface area (Å²) in [5.74, 6) is -0.804. The van der Waals surface area contributed by atoms with Crippen molar-refractivity contribution in [3.8, 4) is 5.88 Å². The van der Waals surface area contributed by atoms with Gasteiger partial charge in [-0.3, -0.25) is 9.69 Å². The number of nitrogens with zero attached hydrogens (tertiary/aromatic N) is 2. The Bertz CT molecular complexity index is 1390. The summed E-state index contributed by atoms with van der Waals surface area (Å²) in [7, 11) is 0. The first-order valence-electron chi connectivity index (χ1n) is 11.7. The van der Waals surface area contributed by atoms with Gasteiger partial charge >= 0.3 is 5.97 Å². The lowest BCUT2D eigenvalue weighted by molar-refractivity contribution is -0.136. The number of halogens is 1. The van der Waals surface area contributed by atoms with Gasteiger partial charge in [-0.05, 0) is 61.3 Å². The molecule has 1 fully saturated rings. The van der Waals surface area contributed by atoms with Gasteiger partial charge in [0.15, 0.2) is 5.88 Å².